The molecule has 2 aromatic rings. The third kappa shape index (κ3) is 4.43. The van der Waals surface area contributed by atoms with Crippen molar-refractivity contribution in [1.29, 1.82) is 0 Å². The lowest BCUT2D eigenvalue weighted by molar-refractivity contribution is -0.116. The minimum absolute atomic E-state index is 0.00292. The van der Waals surface area contributed by atoms with E-state index < -0.39 is 0 Å². The smallest absolute Gasteiger partial charge is 0.246 e. The second-order valence-corrected chi connectivity index (χ2v) is 5.91. The highest BCUT2D eigenvalue weighted by atomic mass is 79.9. The summed E-state index contributed by atoms with van der Waals surface area (Å²) >= 11 is 3.37. The van der Waals surface area contributed by atoms with Gasteiger partial charge < -0.3 is 10.6 Å². The predicted octanol–water partition coefficient (Wildman–Crippen LogP) is 4.09. The number of benzene rings is 2. The van der Waals surface area contributed by atoms with Gasteiger partial charge in [-0.05, 0) is 62.4 Å². The van der Waals surface area contributed by atoms with Gasteiger partial charge in [0.1, 0.15) is 6.04 Å². The third-order valence-corrected chi connectivity index (χ3v) is 3.71. The Balaban J connectivity index is 1.95. The van der Waals surface area contributed by atoms with E-state index in [0.29, 0.717) is 11.3 Å². The van der Waals surface area contributed by atoms with Crippen LogP contribution in [0, 0.1) is 0 Å². The fourth-order valence-corrected chi connectivity index (χ4v) is 2.16. The molecule has 22 heavy (non-hydrogen) atoms. The van der Waals surface area contributed by atoms with Gasteiger partial charge in [-0.25, -0.2) is 0 Å². The number of hydrogen-bond acceptors (Lipinski definition) is 3. The Bertz CT molecular complexity index is 666. The molecular weight excluding hydrogens is 344 g/mol. The fraction of sp³-hybridized carbons (Fsp3) is 0.176. The van der Waals surface area contributed by atoms with Crippen molar-refractivity contribution in [3.63, 3.8) is 0 Å². The van der Waals surface area contributed by atoms with Crippen molar-refractivity contribution in [3.8, 4) is 0 Å². The predicted molar refractivity (Wildman–Crippen MR) is 92.3 cm³/mol. The first kappa shape index (κ1) is 16.2. The van der Waals surface area contributed by atoms with Crippen molar-refractivity contribution in [2.75, 3.05) is 10.6 Å². The molecule has 0 saturated heterocycles. The van der Waals surface area contributed by atoms with Crippen molar-refractivity contribution in [3.05, 3.63) is 58.6 Å². The van der Waals surface area contributed by atoms with Crippen LogP contribution in [-0.4, -0.2) is 17.7 Å². The Labute approximate surface area is 138 Å². The Kier molecular flexibility index (Phi) is 5.33. The quantitative estimate of drug-likeness (QED) is 0.789. The summed E-state index contributed by atoms with van der Waals surface area (Å²) in [6.45, 7) is 3.30. The van der Waals surface area contributed by atoms with E-state index in [0.717, 1.165) is 10.2 Å². The van der Waals surface area contributed by atoms with Crippen LogP contribution in [0.4, 0.5) is 11.4 Å². The first-order valence-electron chi connectivity index (χ1n) is 6.89. The number of hydrogen-bond donors (Lipinski definition) is 2. The van der Waals surface area contributed by atoms with Gasteiger partial charge in [0.05, 0.1) is 0 Å². The Morgan fingerprint density at radius 3 is 2.05 bits per heavy atom. The molecule has 5 heteroatoms. The van der Waals surface area contributed by atoms with Crippen molar-refractivity contribution in [2.45, 2.75) is 19.9 Å². The highest BCUT2D eigenvalue weighted by molar-refractivity contribution is 9.10. The van der Waals surface area contributed by atoms with Crippen LogP contribution in [0.15, 0.2) is 53.0 Å². The summed E-state index contributed by atoms with van der Waals surface area (Å²) in [6, 6.07) is 14.1. The molecule has 4 nitrogen and oxygen atoms in total. The molecule has 0 unspecified atom stereocenters. The second-order valence-electron chi connectivity index (χ2n) is 5.00. The van der Waals surface area contributed by atoms with Gasteiger partial charge in [-0.1, -0.05) is 15.9 Å². The van der Waals surface area contributed by atoms with Crippen LogP contribution in [0.3, 0.4) is 0 Å². The van der Waals surface area contributed by atoms with Crippen LogP contribution < -0.4 is 10.6 Å². The molecule has 2 aromatic carbocycles. The largest absolute Gasteiger partial charge is 0.374 e. The lowest BCUT2D eigenvalue weighted by Gasteiger charge is -2.15. The molecule has 0 aliphatic rings. The van der Waals surface area contributed by atoms with Gasteiger partial charge in [0.15, 0.2) is 5.78 Å². The molecule has 0 heterocycles. The van der Waals surface area contributed by atoms with Gasteiger partial charge in [-0.2, -0.15) is 0 Å². The molecule has 0 bridgehead atoms. The number of Topliss-reactive ketones (excluding diaryl/α,β-unsaturated/α-hetero) is 1. The Hall–Kier alpha value is -2.14. The molecule has 1 amide bonds. The number of halogens is 1. The molecule has 0 aromatic heterocycles. The van der Waals surface area contributed by atoms with Crippen LogP contribution in [0.1, 0.15) is 24.2 Å². The lowest BCUT2D eigenvalue weighted by atomic mass is 10.1. The Morgan fingerprint density at radius 1 is 0.955 bits per heavy atom. The lowest BCUT2D eigenvalue weighted by Crippen LogP contribution is -2.31. The normalized spacial score (nSPS) is 11.6. The summed E-state index contributed by atoms with van der Waals surface area (Å²) in [6.07, 6.45) is 0. The van der Waals surface area contributed by atoms with E-state index in [1.807, 2.05) is 24.3 Å². The molecule has 114 valence electrons. The molecule has 1 atom stereocenters. The van der Waals surface area contributed by atoms with E-state index in [-0.39, 0.29) is 17.7 Å². The summed E-state index contributed by atoms with van der Waals surface area (Å²) in [5, 5.41) is 5.95. The zero-order valence-electron chi connectivity index (χ0n) is 12.4. The van der Waals surface area contributed by atoms with Crippen molar-refractivity contribution < 1.29 is 9.59 Å². The summed E-state index contributed by atoms with van der Waals surface area (Å²) in [5.41, 5.74) is 2.16. The van der Waals surface area contributed by atoms with Crippen molar-refractivity contribution in [2.24, 2.45) is 0 Å². The van der Waals surface area contributed by atoms with Crippen LogP contribution >= 0.6 is 15.9 Å². The fourth-order valence-electron chi connectivity index (χ4n) is 1.90. The first-order chi connectivity index (χ1) is 10.5. The van der Waals surface area contributed by atoms with E-state index >= 15 is 0 Å². The van der Waals surface area contributed by atoms with Gasteiger partial charge in [-0.15, -0.1) is 0 Å². The van der Waals surface area contributed by atoms with Gasteiger partial charge in [0.25, 0.3) is 0 Å². The zero-order valence-corrected chi connectivity index (χ0v) is 14.0. The number of nitrogens with one attached hydrogen (secondary N) is 2. The summed E-state index contributed by atoms with van der Waals surface area (Å²) in [5.74, 6) is -0.137. The van der Waals surface area contributed by atoms with Gasteiger partial charge in [-0.3, -0.25) is 9.59 Å². The Morgan fingerprint density at radius 2 is 1.50 bits per heavy atom. The SMILES string of the molecule is CC(=O)c1ccc(NC(=O)[C@@H](C)Nc2ccc(Br)cc2)cc1. The maximum absolute atomic E-state index is 12.2. The maximum atomic E-state index is 12.2. The standard InChI is InChI=1S/C17H17BrN2O2/c1-11(19-15-9-5-14(18)6-10-15)17(22)20-16-7-3-13(4-8-16)12(2)21/h3-11,19H,1-2H3,(H,20,22)/t11-/m1/s1. The second kappa shape index (κ2) is 7.22. The van der Waals surface area contributed by atoms with Gasteiger partial charge in [0.2, 0.25) is 5.91 Å². The highest BCUT2D eigenvalue weighted by Gasteiger charge is 2.12. The van der Waals surface area contributed by atoms with Crippen LogP contribution in [-0.2, 0) is 4.79 Å². The van der Waals surface area contributed by atoms with Crippen LogP contribution in [0.5, 0.6) is 0 Å². The monoisotopic (exact) mass is 360 g/mol. The van der Waals surface area contributed by atoms with E-state index in [1.54, 1.807) is 31.2 Å². The summed E-state index contributed by atoms with van der Waals surface area (Å²) < 4.78 is 0.987. The molecule has 0 aliphatic heterocycles. The van der Waals surface area contributed by atoms with Crippen molar-refractivity contribution in [1.82, 2.24) is 0 Å². The van der Waals surface area contributed by atoms with Gasteiger partial charge in [0, 0.05) is 21.4 Å². The minimum atomic E-state index is -0.381. The van der Waals surface area contributed by atoms with E-state index in [9.17, 15) is 9.59 Å². The number of ketones is 1. The maximum Gasteiger partial charge on any atom is 0.246 e. The molecule has 0 aliphatic carbocycles. The highest BCUT2D eigenvalue weighted by Crippen LogP contribution is 2.16. The number of carbonyl (C=O) groups excluding carboxylic acids is 2. The molecule has 2 rings (SSSR count). The summed E-state index contributed by atoms with van der Waals surface area (Å²) in [4.78, 5) is 23.4. The number of rotatable bonds is 5. The average molecular weight is 361 g/mol. The van der Waals surface area contributed by atoms with Crippen molar-refractivity contribution >= 4 is 39.0 Å². The molecule has 2 N–H and O–H groups in total. The molecule has 0 radical (unpaired) electrons. The number of amides is 1. The van der Waals surface area contributed by atoms with E-state index in [2.05, 4.69) is 26.6 Å². The topological polar surface area (TPSA) is 58.2 Å². The van der Waals surface area contributed by atoms with Crippen LogP contribution in [0.2, 0.25) is 0 Å². The zero-order chi connectivity index (χ0) is 16.1. The van der Waals surface area contributed by atoms with E-state index in [4.69, 9.17) is 0 Å². The number of carbonyl (C=O) groups is 2. The first-order valence-corrected chi connectivity index (χ1v) is 7.69. The van der Waals surface area contributed by atoms with Crippen LogP contribution in [0.25, 0.3) is 0 Å². The van der Waals surface area contributed by atoms with E-state index in [1.165, 1.54) is 6.92 Å². The molecule has 0 saturated carbocycles. The number of anilines is 2. The minimum Gasteiger partial charge on any atom is -0.374 e. The third-order valence-electron chi connectivity index (χ3n) is 3.18. The molecule has 0 spiro atoms. The molecule has 0 fully saturated rings. The van der Waals surface area contributed by atoms with Gasteiger partial charge >= 0.3 is 0 Å². The summed E-state index contributed by atoms with van der Waals surface area (Å²) in [7, 11) is 0. The average Bonchev–Trinajstić information content (AvgIpc) is 2.50. The molecular formula is C17H17BrN2O2.